The van der Waals surface area contributed by atoms with Gasteiger partial charge in [0.25, 0.3) is 0 Å². The van der Waals surface area contributed by atoms with Crippen LogP contribution in [0.1, 0.15) is 48.0 Å². The molecule has 0 spiro atoms. The number of aromatic nitrogens is 18. The van der Waals surface area contributed by atoms with Crippen LogP contribution in [-0.2, 0) is 135 Å². The monoisotopic (exact) mass is 2610 g/mol. The molecule has 2 aliphatic rings. The first kappa shape index (κ1) is 105. The maximum atomic E-state index is 13.9. The van der Waals surface area contributed by atoms with E-state index in [1.165, 1.54) is 56.1 Å². The fourth-order valence-corrected chi connectivity index (χ4v) is 11.8. The minimum atomic E-state index is -4.57. The van der Waals surface area contributed by atoms with E-state index in [0.29, 0.717) is 5.95 Å². The Bertz CT molecular complexity index is 6060. The molecular weight excluding hydrogens is 2540 g/mol. The second kappa shape index (κ2) is 49.4. The minimum Gasteiger partial charge on any atom is -0.545 e. The number of alkyl halides is 6. The standard InChI is InChI=1S/C18H15N2.C16H12N2O.C14H11F2N4.C11H13N4.C11H8N.2C8H4F3N4.CN.2CHO.4Ir.Os/c1-18(2)16-7-4-3-6-14(16)15-9-8-13(12-17(15)18)20-11-5-10-19-20;1-17-9-10-18(11-17)14-7-4-6-13-12-5-2-3-8-15(12)19-16(13)14;1-9-3-5-19(17-9)13-8-14(12(16)7-11(13)15)20-6-4-10(2)18-20;1-14(2)11-12-10(15(3)13-11)9-7-5-4-6-8-9;1-2-6-10(7-3-1)11-8-4-5-9-12-11;2*9-8(10,11)7-13-6(14-15-7)5-3-1-2-4-12-5;3*1-2;;;;;/h3-7,9-12H,1-2H3;2-6,8-11H,1H3;3-7H,1-2H3;4-7H,1-3H3;1-6,8-9H;2*1-4H;;2*1H;;;;;/q-1;-2;8*-1;;;;;+4. The van der Waals surface area contributed by atoms with Gasteiger partial charge in [0.05, 0.1) is 28.6 Å². The van der Waals surface area contributed by atoms with Gasteiger partial charge in [-0.3, -0.25) is 61.3 Å². The Morgan fingerprint density at radius 1 is 0.528 bits per heavy atom. The number of pyridine rings is 3. The largest absolute Gasteiger partial charge is 4.00 e. The Kier molecular flexibility index (Phi) is 40.9. The van der Waals surface area contributed by atoms with Gasteiger partial charge in [0.15, 0.2) is 0 Å². The molecule has 660 valence electrons. The summed E-state index contributed by atoms with van der Waals surface area (Å²) in [7, 11) is 7.73. The molecule has 0 unspecified atom stereocenters. The number of hydrogen-bond acceptors (Lipinski definition) is 19. The van der Waals surface area contributed by atoms with Crippen molar-refractivity contribution in [3.05, 3.63) is 345 Å². The number of aryl methyl sites for hydroxylation is 3. The molecule has 0 atom stereocenters. The van der Waals surface area contributed by atoms with Crippen molar-refractivity contribution in [3.8, 4) is 73.9 Å². The molecule has 19 rings (SSSR count). The van der Waals surface area contributed by atoms with Crippen LogP contribution >= 0.6 is 0 Å². The van der Waals surface area contributed by atoms with Gasteiger partial charge in [0.1, 0.15) is 17.2 Å². The minimum absolute atomic E-state index is 0. The molecule has 11 heterocycles. The van der Waals surface area contributed by atoms with E-state index < -0.39 is 35.6 Å². The maximum absolute atomic E-state index is 13.9. The van der Waals surface area contributed by atoms with Crippen molar-refractivity contribution >= 4 is 47.2 Å². The van der Waals surface area contributed by atoms with E-state index in [4.69, 9.17) is 25.8 Å². The molecule has 0 amide bonds. The van der Waals surface area contributed by atoms with Crippen molar-refractivity contribution < 1.29 is 149 Å². The summed E-state index contributed by atoms with van der Waals surface area (Å²) in [5.74, 6) is -2.64. The first-order valence-electron chi connectivity index (χ1n) is 36.2. The summed E-state index contributed by atoms with van der Waals surface area (Å²) in [5, 5.41) is 37.8. The van der Waals surface area contributed by atoms with E-state index in [1.54, 1.807) is 79.7 Å². The van der Waals surface area contributed by atoms with Crippen LogP contribution in [0, 0.1) is 74.3 Å². The van der Waals surface area contributed by atoms with Crippen molar-refractivity contribution in [2.24, 2.45) is 7.05 Å². The van der Waals surface area contributed by atoms with Crippen molar-refractivity contribution in [1.29, 1.82) is 5.26 Å². The number of para-hydroxylation sites is 1. The Morgan fingerprint density at radius 2 is 1.05 bits per heavy atom. The number of rotatable bonds is 9. The molecule has 0 N–H and O–H groups in total. The molecular formula is C89H69F8Ir4N22O3Os-7. The van der Waals surface area contributed by atoms with Gasteiger partial charge in [0, 0.05) is 168 Å². The number of hydrogen-bond donors (Lipinski definition) is 0. The zero-order valence-corrected chi connectivity index (χ0v) is 79.9. The van der Waals surface area contributed by atoms with Crippen molar-refractivity contribution in [1.82, 2.24) is 94.3 Å². The molecule has 1 aliphatic heterocycles. The first-order valence-corrected chi connectivity index (χ1v) is 36.2. The summed E-state index contributed by atoms with van der Waals surface area (Å²) in [6.45, 7) is 21.4. The van der Waals surface area contributed by atoms with Crippen LogP contribution in [0.15, 0.2) is 260 Å². The zero-order chi connectivity index (χ0) is 87.7. The molecule has 4 radical (unpaired) electrons. The van der Waals surface area contributed by atoms with Gasteiger partial charge in [-0.25, -0.2) is 4.98 Å². The second-order valence-corrected chi connectivity index (χ2v) is 26.3. The van der Waals surface area contributed by atoms with Crippen molar-refractivity contribution in [2.75, 3.05) is 30.9 Å². The fraction of sp³-hybridized carbons (Fsp3) is 0.124. The SMILES string of the molecule is CC1(C)c2ccccc2-c2c[c-]c(-n3cccn3)cc21.CN(C)c1nc(-c2[c-]cccc2)n(C)n1.CN1C=CN(c2[c-]ccc3c2oc2ccccc23)[CH-]1.Cc1ccn(-c2[c-]c(-n3ccc(C)n3)c(F)cc2F)n1.FC(F)(F)c1n[n-]c(-c2ccccn2)n1.FC(F)(F)c1n[n-]c(-c2ccccn2)n1.[C-]#N.[CH-]=O.[CH-]=O.[Ir].[Ir].[Ir].[Ir].[Os+4].[c-]1ccccc1-c1ccccn1. The molecule has 7 aromatic carbocycles. The third kappa shape index (κ3) is 27.0. The Balaban J connectivity index is 0.000000260. The number of carbonyl (C=O) groups excluding carboxylic acids is 2. The van der Waals surface area contributed by atoms with Crippen molar-refractivity contribution in [2.45, 2.75) is 45.5 Å². The molecule has 38 heteroatoms. The zero-order valence-electron chi connectivity index (χ0n) is 67.8. The van der Waals surface area contributed by atoms with E-state index in [1.807, 2.05) is 176 Å². The van der Waals surface area contributed by atoms with Gasteiger partial charge in [-0.2, -0.15) is 78.6 Å². The van der Waals surface area contributed by atoms with Gasteiger partial charge in [-0.05, 0) is 133 Å². The van der Waals surface area contributed by atoms with E-state index in [2.05, 4.69) is 171 Å². The molecule has 127 heavy (non-hydrogen) atoms. The molecule has 25 nitrogen and oxygen atoms in total. The van der Waals surface area contributed by atoms with Crippen LogP contribution in [-0.4, -0.2) is 119 Å². The van der Waals surface area contributed by atoms with Crippen LogP contribution in [0.2, 0.25) is 0 Å². The average Bonchev–Trinajstić information content (AvgIpc) is 1.58. The molecule has 17 aromatic rings. The number of anilines is 2. The second-order valence-electron chi connectivity index (χ2n) is 26.3. The number of benzene rings is 7. The summed E-state index contributed by atoms with van der Waals surface area (Å²) in [5.41, 5.74) is 14.2. The van der Waals surface area contributed by atoms with Crippen molar-refractivity contribution in [3.63, 3.8) is 0 Å². The van der Waals surface area contributed by atoms with Gasteiger partial charge in [-0.15, -0.1) is 100 Å². The molecule has 0 saturated carbocycles. The summed E-state index contributed by atoms with van der Waals surface area (Å²) in [6, 6.07) is 77.8. The van der Waals surface area contributed by atoms with E-state index in [0.717, 1.165) is 73.4 Å². The average molecular weight is 2610 g/mol. The molecule has 0 fully saturated rings. The normalized spacial score (nSPS) is 11.3. The number of halogens is 8. The van der Waals surface area contributed by atoms with Crippen LogP contribution in [0.25, 0.3) is 95.8 Å². The summed E-state index contributed by atoms with van der Waals surface area (Å²) in [4.78, 5) is 44.1. The first-order chi connectivity index (χ1) is 58.8. The van der Waals surface area contributed by atoms with Crippen LogP contribution in [0.4, 0.5) is 46.8 Å². The number of fused-ring (bicyclic) bond motifs is 6. The van der Waals surface area contributed by atoms with Crippen LogP contribution in [0.3, 0.4) is 0 Å². The van der Waals surface area contributed by atoms with Gasteiger partial charge in [0.2, 0.25) is 5.95 Å². The Hall–Kier alpha value is -12.5. The summed E-state index contributed by atoms with van der Waals surface area (Å²) in [6.07, 6.45) is 6.47. The third-order valence-corrected chi connectivity index (χ3v) is 17.4. The quantitative estimate of drug-likeness (QED) is 0.0737. The Labute approximate surface area is 792 Å². The van der Waals surface area contributed by atoms with E-state index >= 15 is 0 Å². The van der Waals surface area contributed by atoms with E-state index in [9.17, 15) is 35.1 Å². The summed E-state index contributed by atoms with van der Waals surface area (Å²) >= 11 is 0. The predicted octanol–water partition coefficient (Wildman–Crippen LogP) is 16.9. The summed E-state index contributed by atoms with van der Waals surface area (Å²) < 4.78 is 113. The smallest absolute Gasteiger partial charge is 0.545 e. The molecule has 1 aliphatic carbocycles. The molecule has 0 saturated heterocycles. The number of furan rings is 1. The number of nitrogens with zero attached hydrogens (tertiary/aromatic N) is 22. The van der Waals surface area contributed by atoms with Crippen LogP contribution < -0.4 is 20.0 Å². The molecule has 0 bridgehead atoms. The van der Waals surface area contributed by atoms with Gasteiger partial charge >= 0.3 is 32.1 Å². The fourth-order valence-electron chi connectivity index (χ4n) is 11.8. The van der Waals surface area contributed by atoms with Crippen LogP contribution in [0.5, 0.6) is 0 Å². The van der Waals surface area contributed by atoms with Gasteiger partial charge in [-0.1, -0.05) is 103 Å². The maximum Gasteiger partial charge on any atom is 4.00 e. The Morgan fingerprint density at radius 3 is 1.51 bits per heavy atom. The predicted molar refractivity (Wildman–Crippen MR) is 439 cm³/mol. The van der Waals surface area contributed by atoms with E-state index in [-0.39, 0.29) is 140 Å². The molecule has 10 aromatic heterocycles. The topological polar surface area (TPSA) is 283 Å². The van der Waals surface area contributed by atoms with Gasteiger partial charge < -0.3 is 65.7 Å². The third-order valence-electron chi connectivity index (χ3n) is 17.4.